The van der Waals surface area contributed by atoms with E-state index >= 15 is 0 Å². The van der Waals surface area contributed by atoms with E-state index in [2.05, 4.69) is 42.7 Å². The van der Waals surface area contributed by atoms with Gasteiger partial charge in [-0.2, -0.15) is 0 Å². The molecule has 0 radical (unpaired) electrons. The summed E-state index contributed by atoms with van der Waals surface area (Å²) in [4.78, 5) is 2.46. The fourth-order valence-corrected chi connectivity index (χ4v) is 1.73. The van der Waals surface area contributed by atoms with Gasteiger partial charge in [0.1, 0.15) is 0 Å². The third kappa shape index (κ3) is 3.78. The minimum atomic E-state index is 1.24. The van der Waals surface area contributed by atoms with Gasteiger partial charge in [0.05, 0.1) is 0 Å². The van der Waals surface area contributed by atoms with Gasteiger partial charge in [0.15, 0.2) is 0 Å². The molecule has 2 rings (SSSR count). The van der Waals surface area contributed by atoms with Gasteiger partial charge >= 0.3 is 0 Å². The molecule has 1 aromatic rings. The van der Waals surface area contributed by atoms with Gasteiger partial charge in [0, 0.05) is 18.8 Å². The van der Waals surface area contributed by atoms with Crippen molar-refractivity contribution in [3.8, 4) is 0 Å². The van der Waals surface area contributed by atoms with Crippen LogP contribution < -0.4 is 4.90 Å². The van der Waals surface area contributed by atoms with Crippen molar-refractivity contribution in [2.24, 2.45) is 0 Å². The number of hydrogen-bond donors (Lipinski definition) is 0. The standard InChI is InChI=1S/C11H15N.C3H6/c1-10-4-6-11(7-5-10)12-8-2-3-9-12;1-3-2/h4-7H,2-3,8-9H2,1H3;3H,1H2,2H3. The molecule has 0 saturated carbocycles. The highest BCUT2D eigenvalue weighted by Gasteiger charge is 2.10. The van der Waals surface area contributed by atoms with E-state index in [0.29, 0.717) is 0 Å². The van der Waals surface area contributed by atoms with Gasteiger partial charge in [-0.1, -0.05) is 23.8 Å². The molecule has 82 valence electrons. The number of hydrogen-bond acceptors (Lipinski definition) is 1. The van der Waals surface area contributed by atoms with Crippen LogP contribution in [0, 0.1) is 6.92 Å². The van der Waals surface area contributed by atoms with Crippen LogP contribution in [0.4, 0.5) is 5.69 Å². The van der Waals surface area contributed by atoms with Gasteiger partial charge in [-0.25, -0.2) is 0 Å². The van der Waals surface area contributed by atoms with Crippen molar-refractivity contribution >= 4 is 5.69 Å². The highest BCUT2D eigenvalue weighted by molar-refractivity contribution is 5.48. The van der Waals surface area contributed by atoms with E-state index in [1.54, 1.807) is 6.08 Å². The molecule has 1 nitrogen and oxygen atoms in total. The first-order chi connectivity index (χ1) is 7.27. The maximum absolute atomic E-state index is 3.36. The zero-order valence-electron chi connectivity index (χ0n) is 9.87. The highest BCUT2D eigenvalue weighted by atomic mass is 15.1. The summed E-state index contributed by atoms with van der Waals surface area (Å²) >= 11 is 0. The lowest BCUT2D eigenvalue weighted by atomic mass is 10.2. The molecule has 0 N–H and O–H groups in total. The summed E-state index contributed by atoms with van der Waals surface area (Å²) in [5.74, 6) is 0. The number of allylic oxidation sites excluding steroid dienone is 1. The van der Waals surface area contributed by atoms with Gasteiger partial charge < -0.3 is 4.90 Å². The van der Waals surface area contributed by atoms with Gasteiger partial charge in [-0.3, -0.25) is 0 Å². The molecule has 1 fully saturated rings. The fourth-order valence-electron chi connectivity index (χ4n) is 1.73. The largest absolute Gasteiger partial charge is 0.372 e. The summed E-state index contributed by atoms with van der Waals surface area (Å²) in [6.07, 6.45) is 4.46. The van der Waals surface area contributed by atoms with Crippen LogP contribution in [0.3, 0.4) is 0 Å². The molecule has 0 atom stereocenters. The van der Waals surface area contributed by atoms with E-state index in [1.807, 2.05) is 6.92 Å². The van der Waals surface area contributed by atoms with E-state index in [9.17, 15) is 0 Å². The lowest BCUT2D eigenvalue weighted by molar-refractivity contribution is 0.949. The van der Waals surface area contributed by atoms with Crippen LogP contribution >= 0.6 is 0 Å². The molecule has 1 heterocycles. The Morgan fingerprint density at radius 2 is 1.60 bits per heavy atom. The fraction of sp³-hybridized carbons (Fsp3) is 0.429. The summed E-state index contributed by atoms with van der Waals surface area (Å²) in [6.45, 7) is 9.86. The summed E-state index contributed by atoms with van der Waals surface area (Å²) in [6, 6.07) is 8.82. The van der Waals surface area contributed by atoms with Crippen LogP contribution in [0.15, 0.2) is 36.9 Å². The minimum absolute atomic E-state index is 1.24. The van der Waals surface area contributed by atoms with Crippen molar-refractivity contribution < 1.29 is 0 Å². The van der Waals surface area contributed by atoms with Crippen molar-refractivity contribution in [1.82, 2.24) is 0 Å². The number of benzene rings is 1. The third-order valence-electron chi connectivity index (χ3n) is 2.51. The smallest absolute Gasteiger partial charge is 0.0366 e. The van der Waals surface area contributed by atoms with Crippen LogP contribution in [0.2, 0.25) is 0 Å². The molecular formula is C14H21N. The molecule has 0 unspecified atom stereocenters. The summed E-state index contributed by atoms with van der Waals surface area (Å²) in [7, 11) is 0. The van der Waals surface area contributed by atoms with Gasteiger partial charge in [0.25, 0.3) is 0 Å². The van der Waals surface area contributed by atoms with Crippen LogP contribution in [0.5, 0.6) is 0 Å². The second kappa shape index (κ2) is 6.28. The summed E-state index contributed by atoms with van der Waals surface area (Å²) in [5.41, 5.74) is 2.73. The van der Waals surface area contributed by atoms with E-state index in [0.717, 1.165) is 0 Å². The molecule has 1 aromatic carbocycles. The lowest BCUT2D eigenvalue weighted by Gasteiger charge is -2.17. The van der Waals surface area contributed by atoms with E-state index in [-0.39, 0.29) is 0 Å². The lowest BCUT2D eigenvalue weighted by Crippen LogP contribution is -2.17. The van der Waals surface area contributed by atoms with Crippen LogP contribution in [0.1, 0.15) is 25.3 Å². The molecule has 1 saturated heterocycles. The monoisotopic (exact) mass is 203 g/mol. The normalized spacial score (nSPS) is 14.4. The van der Waals surface area contributed by atoms with E-state index < -0.39 is 0 Å². The highest BCUT2D eigenvalue weighted by Crippen LogP contribution is 2.19. The maximum atomic E-state index is 3.36. The number of anilines is 1. The molecule has 15 heavy (non-hydrogen) atoms. The Labute approximate surface area is 93.4 Å². The minimum Gasteiger partial charge on any atom is -0.372 e. The summed E-state index contributed by atoms with van der Waals surface area (Å²) < 4.78 is 0. The Balaban J connectivity index is 0.000000337. The Morgan fingerprint density at radius 1 is 1.13 bits per heavy atom. The van der Waals surface area contributed by atoms with E-state index in [1.165, 1.54) is 37.2 Å². The number of aryl methyl sites for hydroxylation is 1. The second-order valence-electron chi connectivity index (χ2n) is 3.94. The quantitative estimate of drug-likeness (QED) is 0.628. The first-order valence-corrected chi connectivity index (χ1v) is 5.66. The topological polar surface area (TPSA) is 3.24 Å². The average molecular weight is 203 g/mol. The van der Waals surface area contributed by atoms with Crippen LogP contribution in [-0.2, 0) is 0 Å². The van der Waals surface area contributed by atoms with E-state index in [4.69, 9.17) is 0 Å². The van der Waals surface area contributed by atoms with Crippen LogP contribution in [-0.4, -0.2) is 13.1 Å². The van der Waals surface area contributed by atoms with Crippen molar-refractivity contribution in [3.63, 3.8) is 0 Å². The molecule has 0 aliphatic carbocycles. The van der Waals surface area contributed by atoms with Crippen LogP contribution in [0.25, 0.3) is 0 Å². The zero-order valence-corrected chi connectivity index (χ0v) is 9.87. The Hall–Kier alpha value is -1.24. The van der Waals surface area contributed by atoms with Gasteiger partial charge in [-0.15, -0.1) is 6.58 Å². The number of nitrogens with zero attached hydrogens (tertiary/aromatic N) is 1. The second-order valence-corrected chi connectivity index (χ2v) is 3.94. The van der Waals surface area contributed by atoms with Crippen molar-refractivity contribution in [2.45, 2.75) is 26.7 Å². The molecule has 0 amide bonds. The number of rotatable bonds is 1. The first-order valence-electron chi connectivity index (χ1n) is 5.66. The van der Waals surface area contributed by atoms with Gasteiger partial charge in [-0.05, 0) is 38.8 Å². The van der Waals surface area contributed by atoms with Crippen molar-refractivity contribution in [2.75, 3.05) is 18.0 Å². The molecule has 1 heteroatoms. The summed E-state index contributed by atoms with van der Waals surface area (Å²) in [5, 5.41) is 0. The third-order valence-corrected chi connectivity index (χ3v) is 2.51. The Bertz CT molecular complexity index is 281. The Kier molecular flexibility index (Phi) is 4.96. The predicted octanol–water partition coefficient (Wildman–Crippen LogP) is 3.79. The molecule has 0 aromatic heterocycles. The average Bonchev–Trinajstić information content (AvgIpc) is 2.73. The molecular weight excluding hydrogens is 182 g/mol. The molecule has 1 aliphatic rings. The maximum Gasteiger partial charge on any atom is 0.0366 e. The van der Waals surface area contributed by atoms with Gasteiger partial charge in [0.2, 0.25) is 0 Å². The molecule has 1 aliphatic heterocycles. The Morgan fingerprint density at radius 3 is 2.07 bits per heavy atom. The molecule has 0 bridgehead atoms. The van der Waals surface area contributed by atoms with Crippen molar-refractivity contribution in [1.29, 1.82) is 0 Å². The predicted molar refractivity (Wildman–Crippen MR) is 68.5 cm³/mol. The van der Waals surface area contributed by atoms with Crippen molar-refractivity contribution in [3.05, 3.63) is 42.5 Å². The zero-order chi connectivity index (χ0) is 11.1. The molecule has 0 spiro atoms. The SMILES string of the molecule is C=CC.Cc1ccc(N2CCCC2)cc1. The first kappa shape index (κ1) is 11.8.